The predicted octanol–water partition coefficient (Wildman–Crippen LogP) is 4.25. The van der Waals surface area contributed by atoms with Crippen LogP contribution in [0.1, 0.15) is 62.4 Å². The number of methoxy groups -OCH3 is 2. The van der Waals surface area contributed by atoms with E-state index in [-0.39, 0.29) is 17.4 Å². The van der Waals surface area contributed by atoms with Crippen molar-refractivity contribution in [1.29, 1.82) is 0 Å². The lowest BCUT2D eigenvalue weighted by Crippen LogP contribution is -2.48. The van der Waals surface area contributed by atoms with Crippen molar-refractivity contribution in [2.24, 2.45) is 30.2 Å². The molecule has 4 saturated carbocycles. The monoisotopic (exact) mass is 423 g/mol. The van der Waals surface area contributed by atoms with Crippen molar-refractivity contribution < 1.29 is 14.3 Å². The van der Waals surface area contributed by atoms with Gasteiger partial charge in [-0.2, -0.15) is 0 Å². The van der Waals surface area contributed by atoms with Crippen LogP contribution in [0.3, 0.4) is 0 Å². The Morgan fingerprint density at radius 3 is 2.16 bits per heavy atom. The van der Waals surface area contributed by atoms with Crippen molar-refractivity contribution in [3.05, 3.63) is 42.0 Å². The fourth-order valence-corrected chi connectivity index (χ4v) is 7.01. The van der Waals surface area contributed by atoms with Gasteiger partial charge in [0.15, 0.2) is 0 Å². The Hall–Kier alpha value is -2.50. The average Bonchev–Trinajstić information content (AvgIpc) is 3.15. The number of rotatable bonds is 7. The maximum absolute atomic E-state index is 13.4. The van der Waals surface area contributed by atoms with Crippen LogP contribution < -0.4 is 14.8 Å². The van der Waals surface area contributed by atoms with E-state index < -0.39 is 0 Å². The Labute approximate surface area is 184 Å². The highest BCUT2D eigenvalue weighted by Crippen LogP contribution is 2.61. The van der Waals surface area contributed by atoms with Crippen LogP contribution in [-0.4, -0.2) is 29.7 Å². The lowest BCUT2D eigenvalue weighted by molar-refractivity contribution is -0.130. The van der Waals surface area contributed by atoms with Gasteiger partial charge in [0.25, 0.3) is 0 Å². The Bertz CT molecular complexity index is 909. The molecule has 1 atom stereocenters. The molecule has 0 radical (unpaired) electrons. The number of benzene rings is 1. The summed E-state index contributed by atoms with van der Waals surface area (Å²) in [5.41, 5.74) is 1.11. The third-order valence-corrected chi connectivity index (χ3v) is 7.83. The SMILES string of the molecule is COc1cc(OC)cc([C@H](NC(=O)CC23CC4CC(CC(C4)C2)C3)c2nccn2C)c1. The molecule has 1 N–H and O–H groups in total. The van der Waals surface area contributed by atoms with Crippen LogP contribution in [0.15, 0.2) is 30.6 Å². The van der Waals surface area contributed by atoms with E-state index in [9.17, 15) is 4.79 Å². The van der Waals surface area contributed by atoms with Crippen LogP contribution >= 0.6 is 0 Å². The second kappa shape index (κ2) is 7.88. The fourth-order valence-electron chi connectivity index (χ4n) is 7.01. The molecule has 4 fully saturated rings. The Morgan fingerprint density at radius 2 is 1.68 bits per heavy atom. The summed E-state index contributed by atoms with van der Waals surface area (Å²) >= 11 is 0. The normalized spacial score (nSPS) is 29.6. The van der Waals surface area contributed by atoms with Crippen molar-refractivity contribution in [1.82, 2.24) is 14.9 Å². The highest BCUT2D eigenvalue weighted by Gasteiger charge is 2.51. The molecular formula is C25H33N3O3. The summed E-state index contributed by atoms with van der Waals surface area (Å²) in [6, 6.07) is 5.39. The van der Waals surface area contributed by atoms with Crippen LogP contribution in [0.5, 0.6) is 11.5 Å². The van der Waals surface area contributed by atoms with E-state index >= 15 is 0 Å². The molecule has 1 heterocycles. The molecule has 0 unspecified atom stereocenters. The molecule has 4 aliphatic carbocycles. The largest absolute Gasteiger partial charge is 0.497 e. The molecule has 1 aromatic heterocycles. The van der Waals surface area contributed by atoms with Gasteiger partial charge in [0, 0.05) is 31.9 Å². The minimum atomic E-state index is -0.356. The number of hydrogen-bond acceptors (Lipinski definition) is 4. The standard InChI is InChI=1S/C25H33N3O3/c1-28-5-4-26-24(28)23(19-9-20(30-2)11-21(10-19)31-3)27-22(29)15-25-12-16-6-17(13-25)8-18(7-16)14-25/h4-5,9-11,16-18,23H,6-8,12-15H2,1-3H3,(H,27,29)/t16?,17?,18?,23-,25?/m0/s1. The predicted molar refractivity (Wildman–Crippen MR) is 118 cm³/mol. The van der Waals surface area contributed by atoms with E-state index in [1.165, 1.54) is 38.5 Å². The van der Waals surface area contributed by atoms with E-state index in [1.807, 2.05) is 36.0 Å². The molecule has 6 heteroatoms. The lowest BCUT2D eigenvalue weighted by atomic mass is 9.49. The van der Waals surface area contributed by atoms with Crippen LogP contribution in [0.4, 0.5) is 0 Å². The lowest BCUT2D eigenvalue weighted by Gasteiger charge is -2.56. The number of amides is 1. The van der Waals surface area contributed by atoms with Gasteiger partial charge < -0.3 is 19.4 Å². The topological polar surface area (TPSA) is 65.4 Å². The van der Waals surface area contributed by atoms with Gasteiger partial charge >= 0.3 is 0 Å². The van der Waals surface area contributed by atoms with Gasteiger partial charge in [0.05, 0.1) is 14.2 Å². The van der Waals surface area contributed by atoms with Gasteiger partial charge in [0.1, 0.15) is 23.4 Å². The third-order valence-electron chi connectivity index (χ3n) is 7.83. The van der Waals surface area contributed by atoms with Gasteiger partial charge in [-0.3, -0.25) is 4.79 Å². The van der Waals surface area contributed by atoms with Gasteiger partial charge in [-0.25, -0.2) is 4.98 Å². The first-order valence-corrected chi connectivity index (χ1v) is 11.5. The first-order chi connectivity index (χ1) is 15.0. The molecule has 2 aromatic rings. The summed E-state index contributed by atoms with van der Waals surface area (Å²) in [4.78, 5) is 18.0. The number of aryl methyl sites for hydroxylation is 1. The van der Waals surface area contributed by atoms with Crippen LogP contribution in [0.2, 0.25) is 0 Å². The van der Waals surface area contributed by atoms with Crippen molar-refractivity contribution in [2.75, 3.05) is 14.2 Å². The second-order valence-electron chi connectivity index (χ2n) is 10.1. The number of imidazole rings is 1. The van der Waals surface area contributed by atoms with Gasteiger partial charge in [-0.05, 0) is 79.4 Å². The molecule has 4 bridgehead atoms. The number of nitrogens with zero attached hydrogens (tertiary/aromatic N) is 2. The molecule has 1 amide bonds. The molecule has 6 rings (SSSR count). The van der Waals surface area contributed by atoms with Crippen LogP contribution in [0, 0.1) is 23.2 Å². The quantitative estimate of drug-likeness (QED) is 0.723. The zero-order valence-electron chi connectivity index (χ0n) is 18.8. The third kappa shape index (κ3) is 3.92. The minimum absolute atomic E-state index is 0.122. The molecule has 0 aliphatic heterocycles. The molecule has 31 heavy (non-hydrogen) atoms. The van der Waals surface area contributed by atoms with Crippen LogP contribution in [0.25, 0.3) is 0 Å². The number of carbonyl (C=O) groups is 1. The molecule has 4 aliphatic rings. The maximum atomic E-state index is 13.4. The average molecular weight is 424 g/mol. The summed E-state index contributed by atoms with van der Waals surface area (Å²) in [6.07, 6.45) is 12.2. The Morgan fingerprint density at radius 1 is 1.10 bits per heavy atom. The smallest absolute Gasteiger partial charge is 0.221 e. The summed E-state index contributed by atoms with van der Waals surface area (Å²) in [5, 5.41) is 3.32. The zero-order chi connectivity index (χ0) is 21.6. The molecular weight excluding hydrogens is 390 g/mol. The van der Waals surface area contributed by atoms with Gasteiger partial charge in [-0.15, -0.1) is 0 Å². The Balaban J connectivity index is 1.41. The fraction of sp³-hybridized carbons (Fsp3) is 0.600. The van der Waals surface area contributed by atoms with Gasteiger partial charge in [0.2, 0.25) is 5.91 Å². The zero-order valence-corrected chi connectivity index (χ0v) is 18.8. The van der Waals surface area contributed by atoms with Crippen molar-refractivity contribution in [3.63, 3.8) is 0 Å². The second-order valence-corrected chi connectivity index (χ2v) is 10.1. The molecule has 6 nitrogen and oxygen atoms in total. The van der Waals surface area contributed by atoms with Crippen LogP contribution in [-0.2, 0) is 11.8 Å². The number of carbonyl (C=O) groups excluding carboxylic acids is 1. The summed E-state index contributed by atoms with van der Waals surface area (Å²) in [6.45, 7) is 0. The van der Waals surface area contributed by atoms with Crippen molar-refractivity contribution >= 4 is 5.91 Å². The summed E-state index contributed by atoms with van der Waals surface area (Å²) in [7, 11) is 5.23. The molecule has 166 valence electrons. The molecule has 0 saturated heterocycles. The van der Waals surface area contributed by atoms with Gasteiger partial charge in [-0.1, -0.05) is 0 Å². The number of hydrogen-bond donors (Lipinski definition) is 1. The van der Waals surface area contributed by atoms with E-state index in [0.29, 0.717) is 17.9 Å². The van der Waals surface area contributed by atoms with Crippen molar-refractivity contribution in [2.45, 2.75) is 51.0 Å². The van der Waals surface area contributed by atoms with E-state index in [0.717, 1.165) is 29.1 Å². The van der Waals surface area contributed by atoms with Crippen molar-refractivity contribution in [3.8, 4) is 11.5 Å². The first kappa shape index (κ1) is 20.4. The maximum Gasteiger partial charge on any atom is 0.221 e. The summed E-state index contributed by atoms with van der Waals surface area (Å²) < 4.78 is 12.9. The number of nitrogens with one attached hydrogen (secondary N) is 1. The molecule has 1 aromatic carbocycles. The van der Waals surface area contributed by atoms with E-state index in [4.69, 9.17) is 9.47 Å². The van der Waals surface area contributed by atoms with E-state index in [1.54, 1.807) is 20.4 Å². The minimum Gasteiger partial charge on any atom is -0.497 e. The number of ether oxygens (including phenoxy) is 2. The number of aromatic nitrogens is 2. The first-order valence-electron chi connectivity index (χ1n) is 11.5. The highest BCUT2D eigenvalue weighted by molar-refractivity contribution is 5.77. The highest BCUT2D eigenvalue weighted by atomic mass is 16.5. The summed E-state index contributed by atoms with van der Waals surface area (Å²) in [5.74, 6) is 4.84. The molecule has 0 spiro atoms. The van der Waals surface area contributed by atoms with E-state index in [2.05, 4.69) is 10.3 Å². The Kier molecular flexibility index (Phi) is 5.19.